The monoisotopic (exact) mass is 359 g/mol. The average molecular weight is 359 g/mol. The van der Waals surface area contributed by atoms with Crippen LogP contribution >= 0.6 is 0 Å². The summed E-state index contributed by atoms with van der Waals surface area (Å²) in [5.74, 6) is 0. The van der Waals surface area contributed by atoms with E-state index in [9.17, 15) is 0 Å². The second-order valence-corrected chi connectivity index (χ2v) is 8.36. The molecule has 0 amide bonds. The van der Waals surface area contributed by atoms with Gasteiger partial charge in [0, 0.05) is 29.1 Å². The normalized spacial score (nSPS) is 16.2. The van der Waals surface area contributed by atoms with E-state index in [-0.39, 0.29) is 5.41 Å². The van der Waals surface area contributed by atoms with E-state index < -0.39 is 0 Å². The van der Waals surface area contributed by atoms with Crippen LogP contribution in [0.25, 0.3) is 34.5 Å². The smallest absolute Gasteiger partial charge is 0.0449 e. The summed E-state index contributed by atoms with van der Waals surface area (Å²) in [5.41, 5.74) is 9.43. The highest BCUT2D eigenvalue weighted by Crippen LogP contribution is 2.50. The van der Waals surface area contributed by atoms with E-state index in [1.165, 1.54) is 49.5 Å². The first-order valence-corrected chi connectivity index (χ1v) is 9.87. The number of para-hydroxylation sites is 1. The van der Waals surface area contributed by atoms with Crippen molar-refractivity contribution >= 4 is 17.7 Å². The minimum Gasteiger partial charge on any atom is -0.323 e. The third-order valence-electron chi connectivity index (χ3n) is 6.31. The van der Waals surface area contributed by atoms with Crippen LogP contribution in [0.5, 0.6) is 0 Å². The van der Waals surface area contributed by atoms with Gasteiger partial charge in [0.25, 0.3) is 0 Å². The molecule has 1 nitrogen and oxygen atoms in total. The van der Waals surface area contributed by atoms with Gasteiger partial charge in [0.05, 0.1) is 0 Å². The maximum absolute atomic E-state index is 2.38. The van der Waals surface area contributed by atoms with Gasteiger partial charge in [0.2, 0.25) is 0 Å². The molecule has 134 valence electrons. The molecule has 0 fully saturated rings. The Kier molecular flexibility index (Phi) is 3.01. The Morgan fingerprint density at radius 2 is 1.61 bits per heavy atom. The van der Waals surface area contributed by atoms with Crippen molar-refractivity contribution in [1.29, 1.82) is 0 Å². The Morgan fingerprint density at radius 3 is 2.46 bits per heavy atom. The van der Waals surface area contributed by atoms with Gasteiger partial charge >= 0.3 is 0 Å². The summed E-state index contributed by atoms with van der Waals surface area (Å²) in [6, 6.07) is 23.9. The van der Waals surface area contributed by atoms with Crippen molar-refractivity contribution in [3.8, 4) is 16.8 Å². The molecule has 2 aromatic rings. The molecule has 0 N–H and O–H groups in total. The zero-order valence-corrected chi connectivity index (χ0v) is 16.1. The van der Waals surface area contributed by atoms with Crippen molar-refractivity contribution in [3.05, 3.63) is 106 Å². The predicted octanol–water partition coefficient (Wildman–Crippen LogP) is 4.90. The number of hydrogen-bond donors (Lipinski definition) is 0. The number of benzene rings is 2. The molecule has 0 atom stereocenters. The van der Waals surface area contributed by atoms with E-state index in [0.717, 1.165) is 0 Å². The Morgan fingerprint density at radius 1 is 0.821 bits per heavy atom. The fourth-order valence-electron chi connectivity index (χ4n) is 5.16. The van der Waals surface area contributed by atoms with Gasteiger partial charge in [-0.1, -0.05) is 56.3 Å². The molecule has 0 spiro atoms. The topological polar surface area (TPSA) is 4.93 Å². The van der Waals surface area contributed by atoms with Crippen LogP contribution in [-0.4, -0.2) is 4.57 Å². The maximum Gasteiger partial charge on any atom is 0.0449 e. The lowest BCUT2D eigenvalue weighted by Gasteiger charge is -2.33. The van der Waals surface area contributed by atoms with E-state index in [0.29, 0.717) is 0 Å². The average Bonchev–Trinajstić information content (AvgIpc) is 3.26. The van der Waals surface area contributed by atoms with Gasteiger partial charge in [-0.2, -0.15) is 0 Å². The number of fused-ring (bicyclic) bond motifs is 5. The van der Waals surface area contributed by atoms with Crippen LogP contribution < -0.4 is 10.4 Å². The molecule has 6 rings (SSSR count). The lowest BCUT2D eigenvalue weighted by molar-refractivity contribution is 0.689. The minimum absolute atomic E-state index is 0.0415. The molecule has 0 aromatic heterocycles. The van der Waals surface area contributed by atoms with E-state index in [4.69, 9.17) is 0 Å². The van der Waals surface area contributed by atoms with Gasteiger partial charge in [0.15, 0.2) is 0 Å². The number of allylic oxidation sites excluding steroid dienone is 1. The van der Waals surface area contributed by atoms with Gasteiger partial charge in [-0.3, -0.25) is 0 Å². The molecule has 0 saturated heterocycles. The summed E-state index contributed by atoms with van der Waals surface area (Å²) < 4.78 is 2.23. The van der Waals surface area contributed by atoms with Crippen LogP contribution in [0, 0.1) is 0 Å². The molecule has 28 heavy (non-hydrogen) atoms. The van der Waals surface area contributed by atoms with Crippen molar-refractivity contribution in [3.63, 3.8) is 0 Å². The molecule has 0 radical (unpaired) electrons. The molecule has 3 aliphatic carbocycles. The molecule has 1 heterocycles. The van der Waals surface area contributed by atoms with Gasteiger partial charge < -0.3 is 4.57 Å². The standard InChI is InChI=1S/C27H21N/c1-27(2)25-20(14-18-8-6-7-11-23(18)25)16-21-15-19-12-13-28(17-24(19)26(21)27)22-9-4-3-5-10-22/h3-17H,1-2H3. The van der Waals surface area contributed by atoms with Crippen molar-refractivity contribution in [2.24, 2.45) is 0 Å². The van der Waals surface area contributed by atoms with Gasteiger partial charge in [0.1, 0.15) is 0 Å². The quantitative estimate of drug-likeness (QED) is 0.455. The highest BCUT2D eigenvalue weighted by Gasteiger charge is 2.38. The summed E-state index contributed by atoms with van der Waals surface area (Å²) in [4.78, 5) is 0. The highest BCUT2D eigenvalue weighted by molar-refractivity contribution is 6.00. The number of hydrogen-bond acceptors (Lipinski definition) is 0. The Bertz CT molecular complexity index is 1360. The third kappa shape index (κ3) is 2.02. The second kappa shape index (κ2) is 5.36. The Labute approximate surface area is 164 Å². The number of pyridine rings is 1. The van der Waals surface area contributed by atoms with Crippen molar-refractivity contribution in [2.45, 2.75) is 19.3 Å². The summed E-state index contributed by atoms with van der Waals surface area (Å²) in [5, 5.41) is 2.72. The summed E-state index contributed by atoms with van der Waals surface area (Å²) in [7, 11) is 0. The fourth-order valence-corrected chi connectivity index (χ4v) is 5.16. The third-order valence-corrected chi connectivity index (χ3v) is 6.31. The van der Waals surface area contributed by atoms with Crippen LogP contribution in [0.4, 0.5) is 0 Å². The largest absolute Gasteiger partial charge is 0.323 e. The van der Waals surface area contributed by atoms with Crippen LogP contribution in [0.3, 0.4) is 0 Å². The molecule has 0 unspecified atom stereocenters. The number of rotatable bonds is 1. The number of nitrogens with zero attached hydrogens (tertiary/aromatic N) is 1. The van der Waals surface area contributed by atoms with E-state index in [1.807, 2.05) is 0 Å². The maximum atomic E-state index is 2.38. The van der Waals surface area contributed by atoms with Crippen LogP contribution in [-0.2, 0) is 5.41 Å². The van der Waals surface area contributed by atoms with Gasteiger partial charge in [-0.15, -0.1) is 0 Å². The first-order valence-electron chi connectivity index (χ1n) is 9.87. The lowest BCUT2D eigenvalue weighted by Crippen LogP contribution is -2.31. The lowest BCUT2D eigenvalue weighted by atomic mass is 9.70. The zero-order valence-electron chi connectivity index (χ0n) is 16.1. The van der Waals surface area contributed by atoms with E-state index >= 15 is 0 Å². The summed E-state index contributed by atoms with van der Waals surface area (Å²) in [6.45, 7) is 4.76. The van der Waals surface area contributed by atoms with Crippen molar-refractivity contribution in [2.75, 3.05) is 0 Å². The minimum atomic E-state index is -0.0415. The van der Waals surface area contributed by atoms with Crippen LogP contribution in [0.2, 0.25) is 0 Å². The van der Waals surface area contributed by atoms with Crippen LogP contribution in [0.15, 0.2) is 84.7 Å². The SMILES string of the molecule is CC1(C)C2=c3ccccc3=CC2=Cc2cc3ccn(-c4ccccc4)cc-3c21. The zero-order chi connectivity index (χ0) is 18.9. The first-order chi connectivity index (χ1) is 13.6. The van der Waals surface area contributed by atoms with Crippen molar-refractivity contribution < 1.29 is 0 Å². The number of aromatic nitrogens is 1. The molecule has 1 heteroatoms. The predicted molar refractivity (Wildman–Crippen MR) is 117 cm³/mol. The summed E-state index contributed by atoms with van der Waals surface area (Å²) in [6.07, 6.45) is 9.19. The summed E-state index contributed by atoms with van der Waals surface area (Å²) >= 11 is 0. The van der Waals surface area contributed by atoms with Crippen LogP contribution in [0.1, 0.15) is 25.0 Å². The molecule has 1 aliphatic heterocycles. The highest BCUT2D eigenvalue weighted by atomic mass is 14.9. The van der Waals surface area contributed by atoms with E-state index in [1.54, 1.807) is 0 Å². The van der Waals surface area contributed by atoms with E-state index in [2.05, 4.69) is 110 Å². The fraction of sp³-hybridized carbons (Fsp3) is 0.111. The second-order valence-electron chi connectivity index (χ2n) is 8.36. The van der Waals surface area contributed by atoms with Gasteiger partial charge in [-0.25, -0.2) is 0 Å². The molecule has 2 aromatic carbocycles. The molecule has 0 bridgehead atoms. The Hall–Kier alpha value is -3.32. The van der Waals surface area contributed by atoms with Gasteiger partial charge in [-0.05, 0) is 74.7 Å². The molecular weight excluding hydrogens is 338 g/mol. The molecule has 4 aliphatic rings. The molecule has 0 saturated carbocycles. The molecular formula is C27H21N. The van der Waals surface area contributed by atoms with Crippen molar-refractivity contribution in [1.82, 2.24) is 4.57 Å². The first kappa shape index (κ1) is 15.7. The Balaban J connectivity index is 1.65.